The molecule has 0 saturated carbocycles. The number of nitriles is 1. The first-order valence-corrected chi connectivity index (χ1v) is 8.91. The Morgan fingerprint density at radius 3 is 2.64 bits per heavy atom. The molecule has 0 bridgehead atoms. The van der Waals surface area contributed by atoms with Gasteiger partial charge in [0.2, 0.25) is 10.0 Å². The van der Waals surface area contributed by atoms with Gasteiger partial charge in [0.15, 0.2) is 4.90 Å². The molecular formula is C16H14F2N4O2S. The summed E-state index contributed by atoms with van der Waals surface area (Å²) in [6.45, 7) is 0.709. The molecule has 1 aromatic carbocycles. The van der Waals surface area contributed by atoms with Crippen molar-refractivity contribution >= 4 is 10.0 Å². The van der Waals surface area contributed by atoms with Crippen LogP contribution in [0.1, 0.15) is 17.2 Å². The van der Waals surface area contributed by atoms with Gasteiger partial charge in [0.05, 0.1) is 17.7 Å². The standard InChI is InChI=1S/C16H14F2N4O2S/c17-13-6-11(8-19)7-14(18)16(13)25(23,24)22-5-4-21-10-15(22)12-2-1-3-20-9-12/h1-3,6-7,9,15,21H,4-5,10H2. The summed E-state index contributed by atoms with van der Waals surface area (Å²) in [5.41, 5.74) is 0.339. The fourth-order valence-electron chi connectivity index (χ4n) is 2.82. The smallest absolute Gasteiger partial charge is 0.249 e. The predicted octanol–water partition coefficient (Wildman–Crippen LogP) is 1.57. The van der Waals surface area contributed by atoms with Gasteiger partial charge in [-0.1, -0.05) is 6.07 Å². The number of nitrogens with one attached hydrogen (secondary N) is 1. The highest BCUT2D eigenvalue weighted by Gasteiger charge is 2.38. The highest BCUT2D eigenvalue weighted by molar-refractivity contribution is 7.89. The van der Waals surface area contributed by atoms with Crippen LogP contribution < -0.4 is 5.32 Å². The lowest BCUT2D eigenvalue weighted by atomic mass is 10.1. The van der Waals surface area contributed by atoms with Crippen LogP contribution in [-0.2, 0) is 10.0 Å². The average molecular weight is 364 g/mol. The quantitative estimate of drug-likeness (QED) is 0.893. The van der Waals surface area contributed by atoms with Crippen LogP contribution in [0.4, 0.5) is 8.78 Å². The Morgan fingerprint density at radius 1 is 1.32 bits per heavy atom. The highest BCUT2D eigenvalue weighted by Crippen LogP contribution is 2.31. The maximum atomic E-state index is 14.3. The van der Waals surface area contributed by atoms with Crippen molar-refractivity contribution in [2.75, 3.05) is 19.6 Å². The largest absolute Gasteiger partial charge is 0.313 e. The fraction of sp³-hybridized carbons (Fsp3) is 0.250. The first kappa shape index (κ1) is 17.4. The fourth-order valence-corrected chi connectivity index (χ4v) is 4.53. The van der Waals surface area contributed by atoms with Crippen molar-refractivity contribution < 1.29 is 17.2 Å². The van der Waals surface area contributed by atoms with Crippen molar-refractivity contribution in [3.8, 4) is 6.07 Å². The lowest BCUT2D eigenvalue weighted by Gasteiger charge is -2.35. The predicted molar refractivity (Wildman–Crippen MR) is 84.8 cm³/mol. The van der Waals surface area contributed by atoms with Gasteiger partial charge in [-0.25, -0.2) is 17.2 Å². The van der Waals surface area contributed by atoms with Gasteiger partial charge in [0, 0.05) is 32.0 Å². The molecule has 0 spiro atoms. The van der Waals surface area contributed by atoms with Crippen LogP contribution in [-0.4, -0.2) is 37.3 Å². The second-order valence-electron chi connectivity index (χ2n) is 5.50. The average Bonchev–Trinajstić information content (AvgIpc) is 2.61. The van der Waals surface area contributed by atoms with E-state index in [2.05, 4.69) is 10.3 Å². The first-order valence-electron chi connectivity index (χ1n) is 7.47. The van der Waals surface area contributed by atoms with Crippen molar-refractivity contribution in [3.05, 3.63) is 59.4 Å². The number of piperazine rings is 1. The van der Waals surface area contributed by atoms with Gasteiger partial charge in [-0.05, 0) is 23.8 Å². The van der Waals surface area contributed by atoms with Gasteiger partial charge in [0.1, 0.15) is 11.6 Å². The zero-order valence-corrected chi connectivity index (χ0v) is 13.8. The number of hydrogen-bond acceptors (Lipinski definition) is 5. The number of rotatable bonds is 3. The zero-order valence-electron chi connectivity index (χ0n) is 13.0. The monoisotopic (exact) mass is 364 g/mol. The summed E-state index contributed by atoms with van der Waals surface area (Å²) in [4.78, 5) is 2.93. The molecule has 0 radical (unpaired) electrons. The SMILES string of the molecule is N#Cc1cc(F)c(S(=O)(=O)N2CCNCC2c2cccnc2)c(F)c1. The van der Waals surface area contributed by atoms with E-state index in [1.54, 1.807) is 24.4 Å². The molecule has 1 N–H and O–H groups in total. The van der Waals surface area contributed by atoms with Crippen LogP contribution in [0.3, 0.4) is 0 Å². The summed E-state index contributed by atoms with van der Waals surface area (Å²) in [7, 11) is -4.44. The zero-order chi connectivity index (χ0) is 18.0. The van der Waals surface area contributed by atoms with Crippen LogP contribution in [0, 0.1) is 23.0 Å². The molecule has 2 aromatic rings. The summed E-state index contributed by atoms with van der Waals surface area (Å²) < 4.78 is 55.4. The lowest BCUT2D eigenvalue weighted by molar-refractivity contribution is 0.269. The van der Waals surface area contributed by atoms with Crippen LogP contribution in [0.25, 0.3) is 0 Å². The summed E-state index contributed by atoms with van der Waals surface area (Å²) >= 11 is 0. The van der Waals surface area contributed by atoms with E-state index in [9.17, 15) is 17.2 Å². The molecule has 0 aliphatic carbocycles. The first-order chi connectivity index (χ1) is 11.9. The number of aromatic nitrogens is 1. The second kappa shape index (κ2) is 6.84. The Labute approximate surface area is 143 Å². The third-order valence-corrected chi connectivity index (χ3v) is 5.92. The van der Waals surface area contributed by atoms with E-state index in [0.717, 1.165) is 16.4 Å². The number of benzene rings is 1. The van der Waals surface area contributed by atoms with Crippen LogP contribution >= 0.6 is 0 Å². The minimum atomic E-state index is -4.44. The van der Waals surface area contributed by atoms with E-state index in [4.69, 9.17) is 5.26 Å². The van der Waals surface area contributed by atoms with E-state index in [1.165, 1.54) is 6.20 Å². The Morgan fingerprint density at radius 2 is 2.04 bits per heavy atom. The van der Waals surface area contributed by atoms with Crippen molar-refractivity contribution in [2.45, 2.75) is 10.9 Å². The number of sulfonamides is 1. The van der Waals surface area contributed by atoms with Gasteiger partial charge in [0.25, 0.3) is 0 Å². The molecule has 1 aromatic heterocycles. The van der Waals surface area contributed by atoms with Gasteiger partial charge < -0.3 is 5.32 Å². The molecule has 2 heterocycles. The van der Waals surface area contributed by atoms with Gasteiger partial charge >= 0.3 is 0 Å². The molecule has 1 aliphatic rings. The molecule has 3 rings (SSSR count). The molecule has 1 saturated heterocycles. The van der Waals surface area contributed by atoms with E-state index in [-0.39, 0.29) is 12.1 Å². The molecular weight excluding hydrogens is 350 g/mol. The lowest BCUT2D eigenvalue weighted by Crippen LogP contribution is -2.48. The molecule has 1 atom stereocenters. The Kier molecular flexibility index (Phi) is 4.76. The molecule has 25 heavy (non-hydrogen) atoms. The van der Waals surface area contributed by atoms with E-state index >= 15 is 0 Å². The third-order valence-electron chi connectivity index (χ3n) is 3.96. The maximum absolute atomic E-state index is 14.3. The summed E-state index contributed by atoms with van der Waals surface area (Å²) in [6, 6.07) is 5.77. The number of nitrogens with zero attached hydrogens (tertiary/aromatic N) is 3. The summed E-state index contributed by atoms with van der Waals surface area (Å²) in [6.07, 6.45) is 3.07. The summed E-state index contributed by atoms with van der Waals surface area (Å²) in [5, 5.41) is 11.8. The molecule has 1 aliphatic heterocycles. The van der Waals surface area contributed by atoms with Gasteiger partial charge in [-0.15, -0.1) is 0 Å². The number of pyridine rings is 1. The van der Waals surface area contributed by atoms with Crippen molar-refractivity contribution in [2.24, 2.45) is 0 Å². The van der Waals surface area contributed by atoms with E-state index in [0.29, 0.717) is 18.7 Å². The van der Waals surface area contributed by atoms with Crippen molar-refractivity contribution in [3.63, 3.8) is 0 Å². The second-order valence-corrected chi connectivity index (χ2v) is 7.33. The number of halogens is 2. The van der Waals surface area contributed by atoms with Crippen molar-refractivity contribution in [1.29, 1.82) is 5.26 Å². The maximum Gasteiger partial charge on any atom is 0.249 e. The Hall–Kier alpha value is -2.41. The van der Waals surface area contributed by atoms with E-state index < -0.39 is 32.6 Å². The molecule has 1 fully saturated rings. The Balaban J connectivity index is 2.08. The van der Waals surface area contributed by atoms with Gasteiger partial charge in [-0.2, -0.15) is 9.57 Å². The van der Waals surface area contributed by atoms with Crippen LogP contribution in [0.2, 0.25) is 0 Å². The van der Waals surface area contributed by atoms with Crippen LogP contribution in [0.5, 0.6) is 0 Å². The van der Waals surface area contributed by atoms with E-state index in [1.807, 2.05) is 0 Å². The topological polar surface area (TPSA) is 86.1 Å². The minimum Gasteiger partial charge on any atom is -0.313 e. The normalized spacial score (nSPS) is 18.7. The van der Waals surface area contributed by atoms with Gasteiger partial charge in [-0.3, -0.25) is 4.98 Å². The minimum absolute atomic E-state index is 0.0563. The molecule has 6 nitrogen and oxygen atoms in total. The van der Waals surface area contributed by atoms with Crippen molar-refractivity contribution in [1.82, 2.24) is 14.6 Å². The molecule has 0 amide bonds. The van der Waals surface area contributed by atoms with Crippen LogP contribution in [0.15, 0.2) is 41.6 Å². The third kappa shape index (κ3) is 3.24. The number of hydrogen-bond donors (Lipinski definition) is 1. The molecule has 9 heteroatoms. The Bertz CT molecular complexity index is 906. The molecule has 130 valence electrons. The molecule has 1 unspecified atom stereocenters. The highest BCUT2D eigenvalue weighted by atomic mass is 32.2. The summed E-state index contributed by atoms with van der Waals surface area (Å²) in [5.74, 6) is -2.56.